The Bertz CT molecular complexity index is 850. The van der Waals surface area contributed by atoms with Gasteiger partial charge in [-0.15, -0.1) is 11.3 Å². The zero-order chi connectivity index (χ0) is 18.6. The molecule has 1 aromatic carbocycles. The molecule has 1 amide bonds. The SMILES string of the molecule is CNCC1CCCN1C(=O)c1cccc(S(=O)(=O)NCc2cccs2)c1. The Hall–Kier alpha value is -1.74. The summed E-state index contributed by atoms with van der Waals surface area (Å²) in [5.41, 5.74) is 0.409. The molecule has 26 heavy (non-hydrogen) atoms. The smallest absolute Gasteiger partial charge is 0.254 e. The summed E-state index contributed by atoms with van der Waals surface area (Å²) in [5, 5.41) is 5.02. The van der Waals surface area contributed by atoms with Crippen LogP contribution >= 0.6 is 11.3 Å². The zero-order valence-electron chi connectivity index (χ0n) is 14.6. The molecule has 0 saturated carbocycles. The van der Waals surface area contributed by atoms with E-state index in [1.807, 2.05) is 29.5 Å². The van der Waals surface area contributed by atoms with Crippen molar-refractivity contribution in [3.05, 3.63) is 52.2 Å². The van der Waals surface area contributed by atoms with Gasteiger partial charge in [0.15, 0.2) is 0 Å². The van der Waals surface area contributed by atoms with E-state index in [2.05, 4.69) is 10.0 Å². The van der Waals surface area contributed by atoms with Crippen LogP contribution in [0.1, 0.15) is 28.1 Å². The fraction of sp³-hybridized carbons (Fsp3) is 0.389. The normalized spacial score (nSPS) is 17.6. The van der Waals surface area contributed by atoms with E-state index in [1.165, 1.54) is 23.5 Å². The average Bonchev–Trinajstić information content (AvgIpc) is 3.32. The number of benzene rings is 1. The van der Waals surface area contributed by atoms with Crippen molar-refractivity contribution in [1.29, 1.82) is 0 Å². The first-order valence-corrected chi connectivity index (χ1v) is 11.0. The quantitative estimate of drug-likeness (QED) is 0.755. The summed E-state index contributed by atoms with van der Waals surface area (Å²) in [6.45, 7) is 1.69. The van der Waals surface area contributed by atoms with Crippen molar-refractivity contribution >= 4 is 27.3 Å². The molecule has 1 atom stereocenters. The van der Waals surface area contributed by atoms with E-state index in [0.717, 1.165) is 24.3 Å². The van der Waals surface area contributed by atoms with E-state index in [4.69, 9.17) is 0 Å². The summed E-state index contributed by atoms with van der Waals surface area (Å²) < 4.78 is 27.7. The summed E-state index contributed by atoms with van der Waals surface area (Å²) in [5.74, 6) is -0.113. The van der Waals surface area contributed by atoms with Crippen molar-refractivity contribution in [1.82, 2.24) is 14.9 Å². The molecule has 8 heteroatoms. The van der Waals surface area contributed by atoms with Crippen LogP contribution in [0, 0.1) is 0 Å². The maximum atomic E-state index is 12.8. The number of carbonyl (C=O) groups excluding carboxylic acids is 1. The largest absolute Gasteiger partial charge is 0.334 e. The maximum Gasteiger partial charge on any atom is 0.254 e. The van der Waals surface area contributed by atoms with Gasteiger partial charge in [-0.3, -0.25) is 4.79 Å². The fourth-order valence-corrected chi connectivity index (χ4v) is 4.96. The van der Waals surface area contributed by atoms with Crippen LogP contribution < -0.4 is 10.0 Å². The predicted molar refractivity (Wildman–Crippen MR) is 103 cm³/mol. The Kier molecular flexibility index (Phi) is 6.08. The Balaban J connectivity index is 1.75. The summed E-state index contributed by atoms with van der Waals surface area (Å²) >= 11 is 1.49. The average molecular weight is 394 g/mol. The molecule has 1 aliphatic heterocycles. The van der Waals surface area contributed by atoms with E-state index in [0.29, 0.717) is 12.1 Å². The van der Waals surface area contributed by atoms with E-state index in [1.54, 1.807) is 12.1 Å². The molecule has 0 spiro atoms. The second-order valence-corrected chi connectivity index (χ2v) is 9.08. The highest BCUT2D eigenvalue weighted by atomic mass is 32.2. The van der Waals surface area contributed by atoms with Gasteiger partial charge in [-0.05, 0) is 49.5 Å². The minimum absolute atomic E-state index is 0.113. The number of nitrogens with zero attached hydrogens (tertiary/aromatic N) is 1. The van der Waals surface area contributed by atoms with Gasteiger partial charge < -0.3 is 10.2 Å². The van der Waals surface area contributed by atoms with Crippen molar-refractivity contribution in [2.24, 2.45) is 0 Å². The first-order valence-electron chi connectivity index (χ1n) is 8.59. The van der Waals surface area contributed by atoms with Crippen LogP contribution in [-0.4, -0.2) is 45.4 Å². The number of hydrogen-bond donors (Lipinski definition) is 2. The Morgan fingerprint density at radius 1 is 1.31 bits per heavy atom. The second-order valence-electron chi connectivity index (χ2n) is 6.28. The molecule has 3 rings (SSSR count). The number of likely N-dealkylation sites (tertiary alicyclic amines) is 1. The molecule has 0 bridgehead atoms. The van der Waals surface area contributed by atoms with Gasteiger partial charge in [0.1, 0.15) is 0 Å². The standard InChI is InChI=1S/C18H23N3O3S2/c1-19-12-15-6-3-9-21(15)18(22)14-5-2-8-17(11-14)26(23,24)20-13-16-7-4-10-25-16/h2,4-5,7-8,10-11,15,19-20H,3,6,9,12-13H2,1H3. The summed E-state index contributed by atoms with van der Waals surface area (Å²) in [6, 6.07) is 10.2. The van der Waals surface area contributed by atoms with Gasteiger partial charge in [0.25, 0.3) is 5.91 Å². The molecule has 1 fully saturated rings. The molecule has 1 aliphatic rings. The van der Waals surface area contributed by atoms with Crippen LogP contribution in [0.4, 0.5) is 0 Å². The number of nitrogens with one attached hydrogen (secondary N) is 2. The van der Waals surface area contributed by atoms with Gasteiger partial charge in [-0.25, -0.2) is 13.1 Å². The molecule has 2 heterocycles. The van der Waals surface area contributed by atoms with Gasteiger partial charge in [-0.1, -0.05) is 12.1 Å². The van der Waals surface area contributed by atoms with E-state index >= 15 is 0 Å². The maximum absolute atomic E-state index is 12.8. The number of hydrogen-bond acceptors (Lipinski definition) is 5. The number of carbonyl (C=O) groups is 1. The Morgan fingerprint density at radius 2 is 2.15 bits per heavy atom. The summed E-state index contributed by atoms with van der Waals surface area (Å²) in [7, 11) is -1.80. The zero-order valence-corrected chi connectivity index (χ0v) is 16.3. The molecular formula is C18H23N3O3S2. The van der Waals surface area contributed by atoms with E-state index < -0.39 is 10.0 Å². The predicted octanol–water partition coefficient (Wildman–Crippen LogP) is 2.05. The van der Waals surface area contributed by atoms with Crippen LogP contribution in [0.2, 0.25) is 0 Å². The first-order chi connectivity index (χ1) is 12.5. The molecule has 140 valence electrons. The van der Waals surface area contributed by atoms with Crippen molar-refractivity contribution < 1.29 is 13.2 Å². The molecule has 0 radical (unpaired) electrons. The number of sulfonamides is 1. The molecule has 2 aromatic rings. The first kappa shape index (κ1) is 19.0. The Labute approximate surface area is 158 Å². The van der Waals surface area contributed by atoms with Crippen molar-refractivity contribution in [2.75, 3.05) is 20.1 Å². The molecule has 6 nitrogen and oxygen atoms in total. The monoisotopic (exact) mass is 393 g/mol. The van der Waals surface area contributed by atoms with Gasteiger partial charge in [0.2, 0.25) is 10.0 Å². The third kappa shape index (κ3) is 4.32. The van der Waals surface area contributed by atoms with Crippen molar-refractivity contribution in [2.45, 2.75) is 30.3 Å². The van der Waals surface area contributed by atoms with Gasteiger partial charge in [-0.2, -0.15) is 0 Å². The molecule has 2 N–H and O–H groups in total. The molecule has 1 unspecified atom stereocenters. The Morgan fingerprint density at radius 3 is 2.88 bits per heavy atom. The van der Waals surface area contributed by atoms with Crippen LogP contribution in [0.15, 0.2) is 46.7 Å². The minimum atomic E-state index is -3.67. The number of amides is 1. The highest BCUT2D eigenvalue weighted by Crippen LogP contribution is 2.21. The van der Waals surface area contributed by atoms with E-state index in [9.17, 15) is 13.2 Å². The molecule has 1 aromatic heterocycles. The van der Waals surface area contributed by atoms with Crippen molar-refractivity contribution in [3.63, 3.8) is 0 Å². The third-order valence-corrected chi connectivity index (χ3v) is 6.76. The van der Waals surface area contributed by atoms with Crippen LogP contribution in [0.5, 0.6) is 0 Å². The lowest BCUT2D eigenvalue weighted by molar-refractivity contribution is 0.0737. The lowest BCUT2D eigenvalue weighted by Gasteiger charge is -2.24. The van der Waals surface area contributed by atoms with Crippen LogP contribution in [0.3, 0.4) is 0 Å². The van der Waals surface area contributed by atoms with Crippen LogP contribution in [0.25, 0.3) is 0 Å². The molecular weight excluding hydrogens is 370 g/mol. The van der Waals surface area contributed by atoms with Crippen LogP contribution in [-0.2, 0) is 16.6 Å². The summed E-state index contributed by atoms with van der Waals surface area (Å²) in [6.07, 6.45) is 1.94. The number of thiophene rings is 1. The highest BCUT2D eigenvalue weighted by Gasteiger charge is 2.29. The second kappa shape index (κ2) is 8.30. The third-order valence-electron chi connectivity index (χ3n) is 4.49. The van der Waals surface area contributed by atoms with Crippen molar-refractivity contribution in [3.8, 4) is 0 Å². The van der Waals surface area contributed by atoms with Gasteiger partial charge in [0.05, 0.1) is 4.90 Å². The van der Waals surface area contributed by atoms with E-state index in [-0.39, 0.29) is 23.4 Å². The highest BCUT2D eigenvalue weighted by molar-refractivity contribution is 7.89. The minimum Gasteiger partial charge on any atom is -0.334 e. The molecule has 0 aliphatic carbocycles. The fourth-order valence-electron chi connectivity index (χ4n) is 3.18. The van der Waals surface area contributed by atoms with Gasteiger partial charge >= 0.3 is 0 Å². The number of rotatable bonds is 7. The topological polar surface area (TPSA) is 78.5 Å². The lowest BCUT2D eigenvalue weighted by Crippen LogP contribution is -2.40. The lowest BCUT2D eigenvalue weighted by atomic mass is 10.1. The van der Waals surface area contributed by atoms with Gasteiger partial charge in [0, 0.05) is 36.1 Å². The summed E-state index contributed by atoms with van der Waals surface area (Å²) in [4.78, 5) is 15.7. The number of likely N-dealkylation sites (N-methyl/N-ethyl adjacent to an activating group) is 1. The molecule has 1 saturated heterocycles.